The molecule has 0 fully saturated rings. The standard InChI is InChI=1S/C10H11FN2O5/c1-12(5-10(14)15)7-4-9(18-2)6(11)3-8(7)13(16)17/h3-4H,5H2,1-2H3,(H,14,15). The summed E-state index contributed by atoms with van der Waals surface area (Å²) in [7, 11) is 2.57. The first-order valence-corrected chi connectivity index (χ1v) is 4.81. The van der Waals surface area contributed by atoms with Crippen LogP contribution in [0.1, 0.15) is 0 Å². The summed E-state index contributed by atoms with van der Waals surface area (Å²) in [4.78, 5) is 21.7. The number of ether oxygens (including phenoxy) is 1. The van der Waals surface area contributed by atoms with Crippen LogP contribution in [-0.4, -0.2) is 36.7 Å². The van der Waals surface area contributed by atoms with Crippen LogP contribution >= 0.6 is 0 Å². The second kappa shape index (κ2) is 5.30. The summed E-state index contributed by atoms with van der Waals surface area (Å²) in [5.41, 5.74) is -0.544. The Labute approximate surface area is 102 Å². The van der Waals surface area contributed by atoms with Gasteiger partial charge in [0.1, 0.15) is 12.2 Å². The van der Waals surface area contributed by atoms with Crippen molar-refractivity contribution in [1.82, 2.24) is 0 Å². The largest absolute Gasteiger partial charge is 0.494 e. The first-order valence-electron chi connectivity index (χ1n) is 4.81. The van der Waals surface area contributed by atoms with Gasteiger partial charge in [0.25, 0.3) is 5.69 Å². The number of hydrogen-bond donors (Lipinski definition) is 1. The van der Waals surface area contributed by atoms with Crippen molar-refractivity contribution in [2.75, 3.05) is 25.6 Å². The van der Waals surface area contributed by atoms with Crippen molar-refractivity contribution in [2.24, 2.45) is 0 Å². The van der Waals surface area contributed by atoms with E-state index in [1.165, 1.54) is 14.2 Å². The minimum absolute atomic E-state index is 0.0272. The van der Waals surface area contributed by atoms with E-state index in [-0.39, 0.29) is 11.4 Å². The van der Waals surface area contributed by atoms with Crippen molar-refractivity contribution >= 4 is 17.3 Å². The minimum Gasteiger partial charge on any atom is -0.494 e. The van der Waals surface area contributed by atoms with E-state index in [2.05, 4.69) is 0 Å². The number of hydrogen-bond acceptors (Lipinski definition) is 5. The molecule has 1 aromatic rings. The number of carboxylic acid groups (broad SMARTS) is 1. The molecule has 0 unspecified atom stereocenters. The van der Waals surface area contributed by atoms with Crippen molar-refractivity contribution in [1.29, 1.82) is 0 Å². The van der Waals surface area contributed by atoms with Gasteiger partial charge in [-0.05, 0) is 0 Å². The molecule has 18 heavy (non-hydrogen) atoms. The average Bonchev–Trinajstić information content (AvgIpc) is 2.27. The first-order chi connectivity index (χ1) is 8.36. The van der Waals surface area contributed by atoms with Crippen molar-refractivity contribution in [2.45, 2.75) is 0 Å². The molecular formula is C10H11FN2O5. The van der Waals surface area contributed by atoms with Gasteiger partial charge in [0.2, 0.25) is 0 Å². The Kier molecular flexibility index (Phi) is 4.03. The SMILES string of the molecule is COc1cc(N(C)CC(=O)O)c([N+](=O)[O-])cc1F. The number of nitro benzene ring substituents is 1. The van der Waals surface area contributed by atoms with Crippen LogP contribution in [-0.2, 0) is 4.79 Å². The van der Waals surface area contributed by atoms with Gasteiger partial charge in [0, 0.05) is 13.1 Å². The number of carbonyl (C=O) groups is 1. The molecule has 8 heteroatoms. The molecule has 0 saturated heterocycles. The second-order valence-electron chi connectivity index (χ2n) is 3.48. The van der Waals surface area contributed by atoms with E-state index < -0.39 is 28.9 Å². The summed E-state index contributed by atoms with van der Waals surface area (Å²) < 4.78 is 18.1. The molecule has 98 valence electrons. The molecule has 1 rings (SSSR count). The zero-order valence-electron chi connectivity index (χ0n) is 9.71. The number of benzene rings is 1. The maximum Gasteiger partial charge on any atom is 0.323 e. The lowest BCUT2D eigenvalue weighted by Gasteiger charge is -2.17. The molecule has 1 aromatic carbocycles. The normalized spacial score (nSPS) is 9.94. The van der Waals surface area contributed by atoms with E-state index in [0.29, 0.717) is 6.07 Å². The van der Waals surface area contributed by atoms with E-state index in [9.17, 15) is 19.3 Å². The van der Waals surface area contributed by atoms with E-state index in [4.69, 9.17) is 9.84 Å². The zero-order valence-corrected chi connectivity index (χ0v) is 9.71. The second-order valence-corrected chi connectivity index (χ2v) is 3.48. The van der Waals surface area contributed by atoms with Gasteiger partial charge < -0.3 is 14.7 Å². The van der Waals surface area contributed by atoms with Crippen LogP contribution in [0.4, 0.5) is 15.8 Å². The molecule has 1 N–H and O–H groups in total. The molecule has 0 spiro atoms. The number of nitrogens with zero attached hydrogens (tertiary/aromatic N) is 2. The number of aliphatic carboxylic acids is 1. The fourth-order valence-corrected chi connectivity index (χ4v) is 1.43. The Morgan fingerprint density at radius 3 is 2.67 bits per heavy atom. The van der Waals surface area contributed by atoms with Gasteiger partial charge in [-0.1, -0.05) is 0 Å². The molecular weight excluding hydrogens is 247 g/mol. The molecule has 0 aromatic heterocycles. The predicted molar refractivity (Wildman–Crippen MR) is 60.5 cm³/mol. The van der Waals surface area contributed by atoms with Gasteiger partial charge in [-0.15, -0.1) is 0 Å². The molecule has 0 atom stereocenters. The van der Waals surface area contributed by atoms with E-state index in [1.54, 1.807) is 0 Å². The van der Waals surface area contributed by atoms with E-state index >= 15 is 0 Å². The molecule has 0 aliphatic carbocycles. The number of halogens is 1. The van der Waals surface area contributed by atoms with E-state index in [1.807, 2.05) is 0 Å². The Morgan fingerprint density at radius 2 is 2.22 bits per heavy atom. The highest BCUT2D eigenvalue weighted by Gasteiger charge is 2.22. The van der Waals surface area contributed by atoms with Crippen molar-refractivity contribution in [3.63, 3.8) is 0 Å². The van der Waals surface area contributed by atoms with Crippen LogP contribution in [0.15, 0.2) is 12.1 Å². The lowest BCUT2D eigenvalue weighted by atomic mass is 10.2. The van der Waals surface area contributed by atoms with Gasteiger partial charge in [0.05, 0.1) is 18.1 Å². The molecule has 0 heterocycles. The van der Waals surface area contributed by atoms with Gasteiger partial charge in [-0.3, -0.25) is 14.9 Å². The van der Waals surface area contributed by atoms with Crippen LogP contribution in [0, 0.1) is 15.9 Å². The summed E-state index contributed by atoms with van der Waals surface area (Å²) in [6.07, 6.45) is 0. The molecule has 7 nitrogen and oxygen atoms in total. The number of rotatable bonds is 5. The summed E-state index contributed by atoms with van der Waals surface area (Å²) in [6, 6.07) is 1.79. The minimum atomic E-state index is -1.16. The molecule has 0 radical (unpaired) electrons. The summed E-state index contributed by atoms with van der Waals surface area (Å²) in [5, 5.41) is 19.4. The Balaban J connectivity index is 3.29. The highest BCUT2D eigenvalue weighted by molar-refractivity contribution is 5.76. The van der Waals surface area contributed by atoms with Crippen LogP contribution in [0.25, 0.3) is 0 Å². The third-order valence-corrected chi connectivity index (χ3v) is 2.23. The first kappa shape index (κ1) is 13.7. The smallest absolute Gasteiger partial charge is 0.323 e. The van der Waals surface area contributed by atoms with Crippen molar-refractivity contribution < 1.29 is 24.0 Å². The topological polar surface area (TPSA) is 92.9 Å². The maximum atomic E-state index is 13.4. The summed E-state index contributed by atoms with van der Waals surface area (Å²) in [6.45, 7) is -0.449. The quantitative estimate of drug-likeness (QED) is 0.631. The van der Waals surface area contributed by atoms with Gasteiger partial charge in [-0.2, -0.15) is 0 Å². The zero-order chi connectivity index (χ0) is 13.9. The lowest BCUT2D eigenvalue weighted by Crippen LogP contribution is -2.25. The monoisotopic (exact) mass is 258 g/mol. The van der Waals surface area contributed by atoms with Crippen molar-refractivity contribution in [3.05, 3.63) is 28.1 Å². The third-order valence-electron chi connectivity index (χ3n) is 2.23. The fraction of sp³-hybridized carbons (Fsp3) is 0.300. The number of methoxy groups -OCH3 is 1. The maximum absolute atomic E-state index is 13.4. The molecule has 0 amide bonds. The summed E-state index contributed by atoms with van der Waals surface area (Å²) in [5.74, 6) is -2.22. The molecule has 0 aliphatic heterocycles. The Morgan fingerprint density at radius 1 is 1.61 bits per heavy atom. The van der Waals surface area contributed by atoms with Crippen LogP contribution in [0.2, 0.25) is 0 Å². The highest BCUT2D eigenvalue weighted by Crippen LogP contribution is 2.33. The van der Waals surface area contributed by atoms with Gasteiger partial charge in [0.15, 0.2) is 11.6 Å². The van der Waals surface area contributed by atoms with Crippen LogP contribution in [0.3, 0.4) is 0 Å². The highest BCUT2D eigenvalue weighted by atomic mass is 19.1. The number of carboxylic acids is 1. The summed E-state index contributed by atoms with van der Waals surface area (Å²) >= 11 is 0. The Bertz CT molecular complexity index is 491. The number of anilines is 1. The average molecular weight is 258 g/mol. The third kappa shape index (κ3) is 2.84. The number of likely N-dealkylation sites (N-methyl/N-ethyl adjacent to an activating group) is 1. The predicted octanol–water partition coefficient (Wildman–Crippen LogP) is 1.26. The van der Waals surface area contributed by atoms with Crippen LogP contribution < -0.4 is 9.64 Å². The van der Waals surface area contributed by atoms with Crippen molar-refractivity contribution in [3.8, 4) is 5.75 Å². The van der Waals surface area contributed by atoms with Gasteiger partial charge >= 0.3 is 5.97 Å². The molecule has 0 aliphatic rings. The molecule has 0 bridgehead atoms. The number of nitro groups is 1. The van der Waals surface area contributed by atoms with Gasteiger partial charge in [-0.25, -0.2) is 4.39 Å². The van der Waals surface area contributed by atoms with E-state index in [0.717, 1.165) is 11.0 Å². The molecule has 0 saturated carbocycles. The Hall–Kier alpha value is -2.38. The fourth-order valence-electron chi connectivity index (χ4n) is 1.43. The van der Waals surface area contributed by atoms with Crippen LogP contribution in [0.5, 0.6) is 5.75 Å². The lowest BCUT2D eigenvalue weighted by molar-refractivity contribution is -0.384.